The molecular weight excluding hydrogens is 552 g/mol. The van der Waals surface area contributed by atoms with E-state index in [2.05, 4.69) is 0 Å². The molecule has 1 fully saturated rings. The van der Waals surface area contributed by atoms with Gasteiger partial charge in [0, 0.05) is 17.2 Å². The number of hydrogen-bond donors (Lipinski definition) is 5. The zero-order valence-corrected chi connectivity index (χ0v) is 21.2. The zero-order chi connectivity index (χ0) is 28.8. The van der Waals surface area contributed by atoms with E-state index in [9.17, 15) is 30.0 Å². The zero-order valence-electron chi connectivity index (χ0n) is 21.2. The number of aliphatic hydroxyl groups excluding tert-OH is 4. The Kier molecular flexibility index (Phi) is 7.23. The Bertz CT molecular complexity index is 1330. The lowest BCUT2D eigenvalue weighted by Crippen LogP contribution is -2.59. The molecule has 2 aromatic carbocycles. The number of carbonyl (C=O) groups is 2. The summed E-state index contributed by atoms with van der Waals surface area (Å²) in [7, 11) is 0. The minimum Gasteiger partial charge on any atom is -0.492 e. The Morgan fingerprint density at radius 2 is 1.71 bits per heavy atom. The van der Waals surface area contributed by atoms with Crippen LogP contribution in [0.5, 0.6) is 28.7 Å². The monoisotopic (exact) mass is 578 g/mol. The Morgan fingerprint density at radius 1 is 0.927 bits per heavy atom. The molecule has 0 radical (unpaired) electrons. The van der Waals surface area contributed by atoms with Crippen molar-refractivity contribution in [3.63, 3.8) is 0 Å². The molecule has 0 bridgehead atoms. The van der Waals surface area contributed by atoms with Gasteiger partial charge >= 0.3 is 11.9 Å². The maximum atomic E-state index is 11.4. The van der Waals surface area contributed by atoms with E-state index in [1.54, 1.807) is 24.3 Å². The number of rotatable bonds is 8. The van der Waals surface area contributed by atoms with Gasteiger partial charge in [0.2, 0.25) is 0 Å². The Balaban J connectivity index is 1.10. The Labute approximate surface area is 231 Å². The van der Waals surface area contributed by atoms with Gasteiger partial charge < -0.3 is 58.8 Å². The topological polar surface area (TPSA) is 209 Å². The molecule has 15 heteroatoms. The number of carboxylic acid groups (broad SMARTS) is 1. The lowest BCUT2D eigenvalue weighted by molar-refractivity contribution is -0.365. The molecule has 8 unspecified atom stereocenters. The predicted molar refractivity (Wildman–Crippen MR) is 128 cm³/mol. The fourth-order valence-corrected chi connectivity index (χ4v) is 5.09. The van der Waals surface area contributed by atoms with Crippen LogP contribution in [0.4, 0.5) is 0 Å². The van der Waals surface area contributed by atoms with Crippen molar-refractivity contribution in [1.82, 2.24) is 0 Å². The summed E-state index contributed by atoms with van der Waals surface area (Å²) in [5.74, 6) is -0.377. The minimum absolute atomic E-state index is 0.172. The van der Waals surface area contributed by atoms with Gasteiger partial charge in [0.05, 0.1) is 12.5 Å². The summed E-state index contributed by atoms with van der Waals surface area (Å²) in [5.41, 5.74) is 1.50. The van der Waals surface area contributed by atoms with Crippen molar-refractivity contribution in [2.24, 2.45) is 0 Å². The van der Waals surface area contributed by atoms with E-state index in [-0.39, 0.29) is 18.3 Å². The summed E-state index contributed by atoms with van der Waals surface area (Å²) in [4.78, 5) is 32.6. The summed E-state index contributed by atoms with van der Waals surface area (Å²) in [6.07, 6.45) is -10.1. The third kappa shape index (κ3) is 5.18. The molecule has 0 saturated carbocycles. The van der Waals surface area contributed by atoms with Crippen LogP contribution in [0.2, 0.25) is 0 Å². The van der Waals surface area contributed by atoms with Crippen LogP contribution in [-0.4, -0.2) is 94.3 Å². The van der Waals surface area contributed by atoms with Gasteiger partial charge in [-0.2, -0.15) is 4.89 Å². The molecule has 1 saturated heterocycles. The van der Waals surface area contributed by atoms with Crippen molar-refractivity contribution in [1.29, 1.82) is 0 Å². The first kappa shape index (κ1) is 27.3. The van der Waals surface area contributed by atoms with E-state index in [0.717, 1.165) is 5.56 Å². The second-order valence-corrected chi connectivity index (χ2v) is 9.78. The van der Waals surface area contributed by atoms with Crippen LogP contribution in [0.25, 0.3) is 0 Å². The van der Waals surface area contributed by atoms with Gasteiger partial charge in [-0.15, -0.1) is 0 Å². The van der Waals surface area contributed by atoms with Gasteiger partial charge in [-0.05, 0) is 24.3 Å². The largest absolute Gasteiger partial charge is 0.492 e. The van der Waals surface area contributed by atoms with Crippen LogP contribution < -0.4 is 23.8 Å². The Morgan fingerprint density at radius 3 is 2.46 bits per heavy atom. The Hall–Kier alpha value is -3.86. The van der Waals surface area contributed by atoms with Gasteiger partial charge in [-0.1, -0.05) is 0 Å². The molecule has 0 aliphatic carbocycles. The van der Waals surface area contributed by atoms with Gasteiger partial charge in [0.15, 0.2) is 29.6 Å². The molecule has 0 spiro atoms. The normalized spacial score (nSPS) is 30.7. The van der Waals surface area contributed by atoms with E-state index >= 15 is 0 Å². The molecule has 4 heterocycles. The second-order valence-electron chi connectivity index (χ2n) is 9.78. The van der Waals surface area contributed by atoms with Crippen molar-refractivity contribution in [3.8, 4) is 28.7 Å². The van der Waals surface area contributed by atoms with Crippen LogP contribution in [-0.2, 0) is 24.0 Å². The highest BCUT2D eigenvalue weighted by Gasteiger charge is 2.47. The number of fused-ring (bicyclic) bond motifs is 6. The van der Waals surface area contributed by atoms with Gasteiger partial charge in [0.25, 0.3) is 6.29 Å². The summed E-state index contributed by atoms with van der Waals surface area (Å²) in [5, 5.41) is 49.1. The van der Waals surface area contributed by atoms with Crippen molar-refractivity contribution in [2.75, 3.05) is 19.8 Å². The molecule has 8 atom stereocenters. The third-order valence-electron chi connectivity index (χ3n) is 7.09. The van der Waals surface area contributed by atoms with Crippen LogP contribution in [0.1, 0.15) is 29.6 Å². The molecular formula is C26H26O15. The summed E-state index contributed by atoms with van der Waals surface area (Å²) < 4.78 is 33.2. The average Bonchev–Trinajstić information content (AvgIpc) is 3.52. The van der Waals surface area contributed by atoms with E-state index in [0.29, 0.717) is 35.2 Å². The highest BCUT2D eigenvalue weighted by molar-refractivity contribution is 5.90. The van der Waals surface area contributed by atoms with E-state index in [1.807, 2.05) is 0 Å². The number of aliphatic carboxylic acids is 1. The SMILES string of the molecule is O=C(O)CC(=O)OCC1OC(O)C(OOc2ccc3c(c2)C2Oc4cc5c(cc4C2CO3)OC(CO)O5)C(O)C1O. The fraction of sp³-hybridized carbons (Fsp3) is 0.462. The van der Waals surface area contributed by atoms with Crippen LogP contribution >= 0.6 is 0 Å². The summed E-state index contributed by atoms with van der Waals surface area (Å²) in [6.45, 7) is -0.556. The number of esters is 1. The third-order valence-corrected chi connectivity index (χ3v) is 7.09. The number of ether oxygens (including phenoxy) is 6. The number of carbonyl (C=O) groups excluding carboxylic acids is 1. The van der Waals surface area contributed by atoms with Crippen molar-refractivity contribution in [2.45, 2.75) is 55.4 Å². The summed E-state index contributed by atoms with van der Waals surface area (Å²) >= 11 is 0. The second kappa shape index (κ2) is 10.8. The quantitative estimate of drug-likeness (QED) is 0.116. The fourth-order valence-electron chi connectivity index (χ4n) is 5.09. The van der Waals surface area contributed by atoms with Crippen LogP contribution in [0, 0.1) is 0 Å². The first-order chi connectivity index (χ1) is 19.7. The highest BCUT2D eigenvalue weighted by Crippen LogP contribution is 2.54. The number of aliphatic hydroxyl groups is 4. The van der Waals surface area contributed by atoms with Crippen LogP contribution in [0.3, 0.4) is 0 Å². The molecule has 2 aromatic rings. The van der Waals surface area contributed by atoms with E-state index < -0.39 is 68.1 Å². The van der Waals surface area contributed by atoms with Gasteiger partial charge in [-0.3, -0.25) is 9.59 Å². The maximum Gasteiger partial charge on any atom is 0.317 e. The maximum absolute atomic E-state index is 11.4. The first-order valence-electron chi connectivity index (χ1n) is 12.7. The lowest BCUT2D eigenvalue weighted by atomic mass is 9.89. The smallest absolute Gasteiger partial charge is 0.317 e. The van der Waals surface area contributed by atoms with Crippen molar-refractivity contribution >= 4 is 11.9 Å². The van der Waals surface area contributed by atoms with E-state index in [4.69, 9.17) is 43.3 Å². The standard InChI is InChI=1S/C26H26O15/c27-7-21-36-16-4-11-13-8-34-14-2-1-10(3-12(14)24(13)38-15(11)5-17(16)37-21)40-41-25-23(32)22(31)18(39-26(25)33)9-35-20(30)6-19(28)29/h1-5,13,18,21-27,31-33H,6-9H2,(H,28,29). The molecule has 41 heavy (non-hydrogen) atoms. The molecule has 0 amide bonds. The number of hydrogen-bond acceptors (Lipinski definition) is 14. The molecule has 0 aromatic heterocycles. The molecule has 6 rings (SSSR count). The van der Waals surface area contributed by atoms with E-state index in [1.165, 1.54) is 6.07 Å². The first-order valence-corrected chi connectivity index (χ1v) is 12.7. The highest BCUT2D eigenvalue weighted by atomic mass is 17.2. The average molecular weight is 578 g/mol. The number of carboxylic acids is 1. The van der Waals surface area contributed by atoms with Gasteiger partial charge in [0.1, 0.15) is 55.5 Å². The molecule has 4 aliphatic rings. The molecule has 220 valence electrons. The van der Waals surface area contributed by atoms with Crippen molar-refractivity contribution in [3.05, 3.63) is 41.5 Å². The predicted octanol–water partition coefficient (Wildman–Crippen LogP) is -0.478. The lowest BCUT2D eigenvalue weighted by Gasteiger charge is -2.39. The molecule has 5 N–H and O–H groups in total. The summed E-state index contributed by atoms with van der Waals surface area (Å²) in [6, 6.07) is 8.31. The number of benzene rings is 2. The molecule has 15 nitrogen and oxygen atoms in total. The van der Waals surface area contributed by atoms with Gasteiger partial charge in [-0.25, -0.2) is 0 Å². The van der Waals surface area contributed by atoms with Crippen molar-refractivity contribution < 1.29 is 73.3 Å². The van der Waals surface area contributed by atoms with Crippen LogP contribution in [0.15, 0.2) is 30.3 Å². The minimum atomic E-state index is -1.79. The molecule has 4 aliphatic heterocycles.